The molecule has 0 bridgehead atoms. The van der Waals surface area contributed by atoms with Gasteiger partial charge in [-0.25, -0.2) is 0 Å². The van der Waals surface area contributed by atoms with E-state index in [0.717, 1.165) is 12.0 Å². The average Bonchev–Trinajstić information content (AvgIpc) is 2.40. The molecule has 1 aromatic rings. The van der Waals surface area contributed by atoms with Crippen molar-refractivity contribution in [2.45, 2.75) is 31.0 Å². The third-order valence-electron chi connectivity index (χ3n) is 2.80. The summed E-state index contributed by atoms with van der Waals surface area (Å²) < 4.78 is 39.4. The van der Waals surface area contributed by atoms with Crippen LogP contribution in [0.25, 0.3) is 0 Å². The summed E-state index contributed by atoms with van der Waals surface area (Å²) in [6.45, 7) is 3.25. The van der Waals surface area contributed by atoms with Crippen LogP contribution in [-0.4, -0.2) is 34.5 Å². The number of benzene rings is 1. The maximum Gasteiger partial charge on any atom is 0.296 e. The SMILES string of the molecule is Cc1ccc(S(=O)(=O)OCCC2OCCCO2)cc1. The van der Waals surface area contributed by atoms with Crippen LogP contribution in [0.2, 0.25) is 0 Å². The number of rotatable bonds is 5. The first kappa shape index (κ1) is 14.5. The van der Waals surface area contributed by atoms with Gasteiger partial charge in [0.25, 0.3) is 10.1 Å². The summed E-state index contributed by atoms with van der Waals surface area (Å²) in [7, 11) is -3.69. The predicted octanol–water partition coefficient (Wildman–Crippen LogP) is 1.85. The van der Waals surface area contributed by atoms with E-state index in [-0.39, 0.29) is 17.8 Å². The third kappa shape index (κ3) is 4.28. The first-order valence-electron chi connectivity index (χ1n) is 6.27. The van der Waals surface area contributed by atoms with Crippen LogP contribution >= 0.6 is 0 Å². The minimum Gasteiger partial charge on any atom is -0.352 e. The van der Waals surface area contributed by atoms with Crippen LogP contribution in [-0.2, 0) is 23.8 Å². The van der Waals surface area contributed by atoms with Crippen LogP contribution in [0.1, 0.15) is 18.4 Å². The highest BCUT2D eigenvalue weighted by molar-refractivity contribution is 7.86. The summed E-state index contributed by atoms with van der Waals surface area (Å²) >= 11 is 0. The van der Waals surface area contributed by atoms with E-state index in [1.807, 2.05) is 6.92 Å². The lowest BCUT2D eigenvalue weighted by Crippen LogP contribution is -2.26. The molecule has 1 fully saturated rings. The van der Waals surface area contributed by atoms with Crippen LogP contribution in [0.15, 0.2) is 29.2 Å². The highest BCUT2D eigenvalue weighted by Crippen LogP contribution is 2.15. The Kier molecular flexibility index (Phi) is 4.93. The minimum atomic E-state index is -3.69. The van der Waals surface area contributed by atoms with E-state index in [1.165, 1.54) is 12.1 Å². The molecule has 0 aliphatic carbocycles. The summed E-state index contributed by atoms with van der Waals surface area (Å²) in [4.78, 5) is 0.170. The van der Waals surface area contributed by atoms with Gasteiger partial charge >= 0.3 is 0 Å². The molecule has 0 atom stereocenters. The Labute approximate surface area is 113 Å². The van der Waals surface area contributed by atoms with Crippen LogP contribution in [0.5, 0.6) is 0 Å². The van der Waals surface area contributed by atoms with Crippen molar-refractivity contribution in [1.82, 2.24) is 0 Å². The second-order valence-corrected chi connectivity index (χ2v) is 6.02. The highest BCUT2D eigenvalue weighted by Gasteiger charge is 2.18. The molecule has 1 aromatic carbocycles. The molecule has 19 heavy (non-hydrogen) atoms. The Balaban J connectivity index is 1.85. The van der Waals surface area contributed by atoms with Gasteiger partial charge in [-0.15, -0.1) is 0 Å². The van der Waals surface area contributed by atoms with Crippen molar-refractivity contribution < 1.29 is 22.1 Å². The molecular weight excluding hydrogens is 268 g/mol. The van der Waals surface area contributed by atoms with Crippen molar-refractivity contribution in [3.8, 4) is 0 Å². The molecule has 0 unspecified atom stereocenters. The molecule has 6 heteroatoms. The molecule has 1 aliphatic rings. The van der Waals surface area contributed by atoms with E-state index in [9.17, 15) is 8.42 Å². The first-order chi connectivity index (χ1) is 9.08. The van der Waals surface area contributed by atoms with Crippen LogP contribution < -0.4 is 0 Å². The topological polar surface area (TPSA) is 61.8 Å². The monoisotopic (exact) mass is 286 g/mol. The number of ether oxygens (including phenoxy) is 2. The summed E-state index contributed by atoms with van der Waals surface area (Å²) in [6.07, 6.45) is 0.923. The van der Waals surface area contributed by atoms with Gasteiger partial charge in [0.2, 0.25) is 0 Å². The van der Waals surface area contributed by atoms with Gasteiger partial charge in [-0.05, 0) is 25.5 Å². The smallest absolute Gasteiger partial charge is 0.296 e. The van der Waals surface area contributed by atoms with Crippen molar-refractivity contribution in [2.75, 3.05) is 19.8 Å². The van der Waals surface area contributed by atoms with Crippen molar-refractivity contribution >= 4 is 10.1 Å². The van der Waals surface area contributed by atoms with Gasteiger partial charge in [0.1, 0.15) is 0 Å². The average molecular weight is 286 g/mol. The Morgan fingerprint density at radius 3 is 2.47 bits per heavy atom. The fourth-order valence-corrected chi connectivity index (χ4v) is 2.65. The minimum absolute atomic E-state index is 0.0564. The van der Waals surface area contributed by atoms with E-state index in [2.05, 4.69) is 0 Å². The highest BCUT2D eigenvalue weighted by atomic mass is 32.2. The Morgan fingerprint density at radius 1 is 1.21 bits per heavy atom. The molecule has 2 rings (SSSR count). The molecule has 106 valence electrons. The Morgan fingerprint density at radius 2 is 1.84 bits per heavy atom. The molecule has 0 amide bonds. The van der Waals surface area contributed by atoms with Gasteiger partial charge in [-0.3, -0.25) is 4.18 Å². The lowest BCUT2D eigenvalue weighted by molar-refractivity contribution is -0.183. The number of hydrogen-bond donors (Lipinski definition) is 0. The summed E-state index contributed by atoms with van der Waals surface area (Å²) in [5.41, 5.74) is 1.00. The van der Waals surface area contributed by atoms with Crippen LogP contribution in [0, 0.1) is 6.92 Å². The zero-order valence-electron chi connectivity index (χ0n) is 10.9. The Hall–Kier alpha value is -0.950. The number of hydrogen-bond acceptors (Lipinski definition) is 5. The van der Waals surface area contributed by atoms with Gasteiger partial charge in [0.05, 0.1) is 24.7 Å². The van der Waals surface area contributed by atoms with Gasteiger partial charge < -0.3 is 9.47 Å². The molecule has 0 aromatic heterocycles. The number of aryl methyl sites for hydroxylation is 1. The fraction of sp³-hybridized carbons (Fsp3) is 0.538. The van der Waals surface area contributed by atoms with Gasteiger partial charge in [0.15, 0.2) is 6.29 Å². The second-order valence-electron chi connectivity index (χ2n) is 4.40. The Bertz CT molecular complexity index is 488. The molecule has 0 spiro atoms. The molecule has 5 nitrogen and oxygen atoms in total. The maximum atomic E-state index is 11.9. The zero-order valence-corrected chi connectivity index (χ0v) is 11.7. The largest absolute Gasteiger partial charge is 0.352 e. The normalized spacial score (nSPS) is 17.5. The maximum absolute atomic E-state index is 11.9. The standard InChI is InChI=1S/C13H18O5S/c1-11-3-5-12(6-4-11)19(14,15)18-10-7-13-16-8-2-9-17-13/h3-6,13H,2,7-10H2,1H3. The van der Waals surface area contributed by atoms with Gasteiger partial charge in [-0.1, -0.05) is 17.7 Å². The fourth-order valence-electron chi connectivity index (χ4n) is 1.73. The van der Waals surface area contributed by atoms with Gasteiger partial charge in [-0.2, -0.15) is 8.42 Å². The quantitative estimate of drug-likeness (QED) is 0.773. The van der Waals surface area contributed by atoms with E-state index < -0.39 is 10.1 Å². The molecule has 0 saturated carbocycles. The molecule has 1 heterocycles. The summed E-state index contributed by atoms with van der Waals surface area (Å²) in [5.74, 6) is 0. The lowest BCUT2D eigenvalue weighted by Gasteiger charge is -2.22. The van der Waals surface area contributed by atoms with Crippen molar-refractivity contribution in [3.05, 3.63) is 29.8 Å². The van der Waals surface area contributed by atoms with E-state index in [1.54, 1.807) is 12.1 Å². The third-order valence-corrected chi connectivity index (χ3v) is 4.12. The summed E-state index contributed by atoms with van der Waals surface area (Å²) in [5, 5.41) is 0. The van der Waals surface area contributed by atoms with Gasteiger partial charge in [0, 0.05) is 6.42 Å². The molecule has 1 saturated heterocycles. The van der Waals surface area contributed by atoms with Crippen molar-refractivity contribution in [1.29, 1.82) is 0 Å². The first-order valence-corrected chi connectivity index (χ1v) is 7.68. The van der Waals surface area contributed by atoms with Crippen molar-refractivity contribution in [2.24, 2.45) is 0 Å². The van der Waals surface area contributed by atoms with E-state index in [4.69, 9.17) is 13.7 Å². The molecular formula is C13H18O5S. The molecule has 1 aliphatic heterocycles. The summed E-state index contributed by atoms with van der Waals surface area (Å²) in [6, 6.07) is 6.56. The zero-order chi connectivity index (χ0) is 13.7. The molecule has 0 N–H and O–H groups in total. The van der Waals surface area contributed by atoms with E-state index in [0.29, 0.717) is 19.6 Å². The van der Waals surface area contributed by atoms with Crippen LogP contribution in [0.4, 0.5) is 0 Å². The lowest BCUT2D eigenvalue weighted by atomic mass is 10.2. The molecule has 0 radical (unpaired) electrons. The van der Waals surface area contributed by atoms with Crippen molar-refractivity contribution in [3.63, 3.8) is 0 Å². The second kappa shape index (κ2) is 6.47. The predicted molar refractivity (Wildman–Crippen MR) is 69.2 cm³/mol. The van der Waals surface area contributed by atoms with Crippen LogP contribution in [0.3, 0.4) is 0 Å². The van der Waals surface area contributed by atoms with E-state index >= 15 is 0 Å².